The van der Waals surface area contributed by atoms with Crippen LogP contribution < -0.4 is 10.2 Å². The van der Waals surface area contributed by atoms with Crippen LogP contribution in [-0.2, 0) is 11.3 Å². The van der Waals surface area contributed by atoms with Crippen LogP contribution in [0.4, 0.5) is 11.4 Å². The third kappa shape index (κ3) is 4.72. The molecule has 1 aromatic heterocycles. The molecule has 0 fully saturated rings. The normalized spacial score (nSPS) is 11.4. The van der Waals surface area contributed by atoms with E-state index < -0.39 is 5.41 Å². The molecule has 0 spiro atoms. The third-order valence-corrected chi connectivity index (χ3v) is 4.82. The van der Waals surface area contributed by atoms with Crippen molar-refractivity contribution in [1.82, 2.24) is 0 Å². The van der Waals surface area contributed by atoms with E-state index in [1.54, 1.807) is 11.3 Å². The van der Waals surface area contributed by atoms with Crippen molar-refractivity contribution in [2.75, 3.05) is 17.3 Å². The summed E-state index contributed by atoms with van der Waals surface area (Å²) in [6.07, 6.45) is 0. The highest BCUT2D eigenvalue weighted by atomic mass is 35.5. The van der Waals surface area contributed by atoms with Gasteiger partial charge in [-0.2, -0.15) is 0 Å². The summed E-state index contributed by atoms with van der Waals surface area (Å²) in [5.41, 5.74) is 2.62. The first-order valence-electron chi connectivity index (χ1n) is 7.54. The lowest BCUT2D eigenvalue weighted by Crippen LogP contribution is -2.28. The minimum absolute atomic E-state index is 0.0231. The monoisotopic (exact) mass is 350 g/mol. The van der Waals surface area contributed by atoms with Crippen molar-refractivity contribution < 1.29 is 4.79 Å². The van der Waals surface area contributed by atoms with Gasteiger partial charge in [0.05, 0.1) is 10.9 Å². The topological polar surface area (TPSA) is 32.3 Å². The van der Waals surface area contributed by atoms with Crippen LogP contribution in [-0.4, -0.2) is 13.0 Å². The van der Waals surface area contributed by atoms with Crippen molar-refractivity contribution in [2.45, 2.75) is 34.2 Å². The number of halogens is 1. The first-order valence-corrected chi connectivity index (χ1v) is 8.74. The Morgan fingerprint density at radius 1 is 1.26 bits per heavy atom. The van der Waals surface area contributed by atoms with Crippen molar-refractivity contribution in [3.63, 3.8) is 0 Å². The Bertz CT molecular complexity index is 703. The molecule has 124 valence electrons. The smallest absolute Gasteiger partial charge is 0.229 e. The molecule has 0 radical (unpaired) electrons. The summed E-state index contributed by atoms with van der Waals surface area (Å²) in [4.78, 5) is 15.5. The largest absolute Gasteiger partial charge is 0.369 e. The molecule has 0 aliphatic rings. The van der Waals surface area contributed by atoms with E-state index in [0.29, 0.717) is 0 Å². The number of carbonyl (C=O) groups is 1. The Hall–Kier alpha value is -1.52. The Kier molecular flexibility index (Phi) is 5.37. The second-order valence-corrected chi connectivity index (χ2v) is 8.56. The quantitative estimate of drug-likeness (QED) is 0.808. The Morgan fingerprint density at radius 2 is 1.96 bits per heavy atom. The number of nitrogens with zero attached hydrogens (tertiary/aromatic N) is 1. The number of hydrogen-bond acceptors (Lipinski definition) is 3. The van der Waals surface area contributed by atoms with Crippen LogP contribution in [0.5, 0.6) is 0 Å². The van der Waals surface area contributed by atoms with Gasteiger partial charge in [0, 0.05) is 28.7 Å². The highest BCUT2D eigenvalue weighted by Gasteiger charge is 2.21. The second-order valence-electron chi connectivity index (χ2n) is 6.77. The maximum absolute atomic E-state index is 12.1. The van der Waals surface area contributed by atoms with E-state index in [-0.39, 0.29) is 5.91 Å². The van der Waals surface area contributed by atoms with Gasteiger partial charge in [-0.25, -0.2) is 0 Å². The predicted octanol–water partition coefficient (Wildman–Crippen LogP) is 5.33. The third-order valence-electron chi connectivity index (χ3n) is 3.60. The summed E-state index contributed by atoms with van der Waals surface area (Å²) >= 11 is 7.58. The minimum atomic E-state index is -0.402. The highest BCUT2D eigenvalue weighted by molar-refractivity contribution is 7.16. The average Bonchev–Trinajstić information content (AvgIpc) is 2.85. The predicted molar refractivity (Wildman–Crippen MR) is 101 cm³/mol. The van der Waals surface area contributed by atoms with Crippen LogP contribution >= 0.6 is 22.9 Å². The van der Waals surface area contributed by atoms with Gasteiger partial charge in [-0.15, -0.1) is 11.3 Å². The molecule has 2 aromatic rings. The summed E-state index contributed by atoms with van der Waals surface area (Å²) in [5, 5.41) is 3.00. The Morgan fingerprint density at radius 3 is 2.48 bits per heavy atom. The molecule has 5 heteroatoms. The standard InChI is InChI=1S/C18H23ClN2OS/c1-12-10-13(21(5)11-14-7-9-16(19)23-14)6-8-15(12)20-17(22)18(2,3)4/h6-10H,11H2,1-5H3,(H,20,22). The number of rotatable bonds is 4. The van der Waals surface area contributed by atoms with Gasteiger partial charge in [-0.3, -0.25) is 4.79 Å². The van der Waals surface area contributed by atoms with Crippen LogP contribution in [0.25, 0.3) is 0 Å². The van der Waals surface area contributed by atoms with Gasteiger partial charge in [0.1, 0.15) is 0 Å². The first kappa shape index (κ1) is 17.8. The van der Waals surface area contributed by atoms with Crippen LogP contribution in [0.1, 0.15) is 31.2 Å². The second kappa shape index (κ2) is 6.93. The first-order chi connectivity index (χ1) is 10.7. The van der Waals surface area contributed by atoms with E-state index in [1.807, 2.05) is 52.0 Å². The summed E-state index contributed by atoms with van der Waals surface area (Å²) in [7, 11) is 2.05. The maximum atomic E-state index is 12.1. The van der Waals surface area contributed by atoms with Gasteiger partial charge < -0.3 is 10.2 Å². The SMILES string of the molecule is Cc1cc(N(C)Cc2ccc(Cl)s2)ccc1NC(=O)C(C)(C)C. The van der Waals surface area contributed by atoms with Crippen LogP contribution in [0.2, 0.25) is 4.34 Å². The highest BCUT2D eigenvalue weighted by Crippen LogP contribution is 2.27. The number of benzene rings is 1. The maximum Gasteiger partial charge on any atom is 0.229 e. The van der Waals surface area contributed by atoms with Crippen LogP contribution in [0.15, 0.2) is 30.3 Å². The van der Waals surface area contributed by atoms with E-state index in [0.717, 1.165) is 27.8 Å². The minimum Gasteiger partial charge on any atom is -0.369 e. The molecular formula is C18H23ClN2OS. The number of anilines is 2. The molecule has 0 atom stereocenters. The lowest BCUT2D eigenvalue weighted by molar-refractivity contribution is -0.123. The van der Waals surface area contributed by atoms with Gasteiger partial charge in [-0.05, 0) is 42.8 Å². The fourth-order valence-electron chi connectivity index (χ4n) is 2.10. The number of carbonyl (C=O) groups excluding carboxylic acids is 1. The zero-order valence-corrected chi connectivity index (χ0v) is 15.8. The zero-order valence-electron chi connectivity index (χ0n) is 14.2. The molecule has 2 rings (SSSR count). The molecule has 0 aliphatic heterocycles. The summed E-state index contributed by atoms with van der Waals surface area (Å²) < 4.78 is 0.810. The van der Waals surface area contributed by atoms with Gasteiger partial charge in [0.15, 0.2) is 0 Å². The van der Waals surface area contributed by atoms with Crippen molar-refractivity contribution in [1.29, 1.82) is 0 Å². The molecule has 0 aliphatic carbocycles. The molecule has 1 aromatic carbocycles. The molecule has 23 heavy (non-hydrogen) atoms. The molecule has 1 amide bonds. The number of aryl methyl sites for hydroxylation is 1. The number of hydrogen-bond donors (Lipinski definition) is 1. The van der Waals surface area contributed by atoms with Gasteiger partial charge in [0.25, 0.3) is 0 Å². The van der Waals surface area contributed by atoms with Crippen molar-refractivity contribution in [2.24, 2.45) is 5.41 Å². The fraction of sp³-hybridized carbons (Fsp3) is 0.389. The number of amides is 1. The molecule has 1 heterocycles. The molecule has 3 nitrogen and oxygen atoms in total. The fourth-order valence-corrected chi connectivity index (χ4v) is 3.24. The summed E-state index contributed by atoms with van der Waals surface area (Å²) in [6.45, 7) is 8.55. The van der Waals surface area contributed by atoms with E-state index in [4.69, 9.17) is 11.6 Å². The van der Waals surface area contributed by atoms with Crippen molar-refractivity contribution in [3.8, 4) is 0 Å². The zero-order chi connectivity index (χ0) is 17.2. The molecule has 0 saturated carbocycles. The van der Waals surface area contributed by atoms with E-state index in [1.165, 1.54) is 4.88 Å². The van der Waals surface area contributed by atoms with Crippen molar-refractivity contribution >= 4 is 40.2 Å². The van der Waals surface area contributed by atoms with Gasteiger partial charge >= 0.3 is 0 Å². The Balaban J connectivity index is 2.10. The summed E-state index contributed by atoms with van der Waals surface area (Å²) in [6, 6.07) is 10.1. The molecule has 0 saturated heterocycles. The number of nitrogens with one attached hydrogen (secondary N) is 1. The molecular weight excluding hydrogens is 328 g/mol. The van der Waals surface area contributed by atoms with E-state index in [2.05, 4.69) is 23.3 Å². The van der Waals surface area contributed by atoms with E-state index >= 15 is 0 Å². The lowest BCUT2D eigenvalue weighted by Gasteiger charge is -2.22. The summed E-state index contributed by atoms with van der Waals surface area (Å²) in [5.74, 6) is 0.0231. The Labute approximate surface area is 147 Å². The van der Waals surface area contributed by atoms with Crippen molar-refractivity contribution in [3.05, 3.63) is 45.1 Å². The van der Waals surface area contributed by atoms with Gasteiger partial charge in [0.2, 0.25) is 5.91 Å². The van der Waals surface area contributed by atoms with Crippen LogP contribution in [0, 0.1) is 12.3 Å². The molecule has 0 unspecified atom stereocenters. The average molecular weight is 351 g/mol. The van der Waals surface area contributed by atoms with E-state index in [9.17, 15) is 4.79 Å². The van der Waals surface area contributed by atoms with Crippen LogP contribution in [0.3, 0.4) is 0 Å². The lowest BCUT2D eigenvalue weighted by atomic mass is 9.95. The number of thiophene rings is 1. The molecule has 0 bridgehead atoms. The molecule has 1 N–H and O–H groups in total. The van der Waals surface area contributed by atoms with Gasteiger partial charge in [-0.1, -0.05) is 32.4 Å².